The van der Waals surface area contributed by atoms with Gasteiger partial charge in [-0.25, -0.2) is 9.97 Å². The van der Waals surface area contributed by atoms with Gasteiger partial charge in [-0.05, 0) is 0 Å². The zero-order chi connectivity index (χ0) is 11.5. The van der Waals surface area contributed by atoms with Crippen LogP contribution in [0.25, 0.3) is 0 Å². The highest BCUT2D eigenvalue weighted by atomic mass is 19.4. The van der Waals surface area contributed by atoms with E-state index in [2.05, 4.69) is 9.97 Å². The third-order valence-electron chi connectivity index (χ3n) is 1.49. The Kier molecular flexibility index (Phi) is 2.86. The zero-order valence-electron chi connectivity index (χ0n) is 7.21. The molecule has 0 bridgehead atoms. The normalized spacial score (nSPS) is 10.5. The van der Waals surface area contributed by atoms with E-state index in [0.717, 1.165) is 6.20 Å². The molecule has 1 aromatic heterocycles. The SMILES string of the molecule is N#CCc1nc(C(F)(F)F)ncc1C#N. The molecule has 0 aliphatic heterocycles. The lowest BCUT2D eigenvalue weighted by Gasteiger charge is -2.05. The van der Waals surface area contributed by atoms with E-state index in [1.165, 1.54) is 0 Å². The molecule has 7 heteroatoms. The summed E-state index contributed by atoms with van der Waals surface area (Å²) in [6, 6.07) is 3.24. The van der Waals surface area contributed by atoms with Gasteiger partial charge in [-0.1, -0.05) is 0 Å². The van der Waals surface area contributed by atoms with Crippen LogP contribution in [0.1, 0.15) is 17.1 Å². The molecule has 0 radical (unpaired) electrons. The lowest BCUT2D eigenvalue weighted by atomic mass is 10.2. The first-order chi connectivity index (χ1) is 6.99. The maximum atomic E-state index is 12.2. The van der Waals surface area contributed by atoms with Crippen LogP contribution in [0.5, 0.6) is 0 Å². The lowest BCUT2D eigenvalue weighted by molar-refractivity contribution is -0.145. The molecule has 0 saturated carbocycles. The highest BCUT2D eigenvalue weighted by Gasteiger charge is 2.35. The van der Waals surface area contributed by atoms with Crippen LogP contribution in [0.15, 0.2) is 6.20 Å². The van der Waals surface area contributed by atoms with Crippen molar-refractivity contribution in [2.24, 2.45) is 0 Å². The second-order valence-corrected chi connectivity index (χ2v) is 2.50. The van der Waals surface area contributed by atoms with Gasteiger partial charge in [0.25, 0.3) is 0 Å². The Balaban J connectivity index is 3.25. The molecule has 1 heterocycles. The van der Waals surface area contributed by atoms with Gasteiger partial charge < -0.3 is 0 Å². The fraction of sp³-hybridized carbons (Fsp3) is 0.250. The summed E-state index contributed by atoms with van der Waals surface area (Å²) in [7, 11) is 0. The van der Waals surface area contributed by atoms with Crippen molar-refractivity contribution in [2.75, 3.05) is 0 Å². The van der Waals surface area contributed by atoms with E-state index in [4.69, 9.17) is 10.5 Å². The van der Waals surface area contributed by atoms with Crippen molar-refractivity contribution in [3.8, 4) is 12.1 Å². The third kappa shape index (κ3) is 2.41. The number of nitrogens with zero attached hydrogens (tertiary/aromatic N) is 4. The van der Waals surface area contributed by atoms with Crippen molar-refractivity contribution in [3.05, 3.63) is 23.3 Å². The minimum atomic E-state index is -4.67. The van der Waals surface area contributed by atoms with Crippen molar-refractivity contribution < 1.29 is 13.2 Å². The van der Waals surface area contributed by atoms with Crippen LogP contribution in [-0.2, 0) is 12.6 Å². The minimum Gasteiger partial charge on any atom is -0.232 e. The summed E-state index contributed by atoms with van der Waals surface area (Å²) < 4.78 is 36.5. The maximum Gasteiger partial charge on any atom is 0.451 e. The molecule has 0 atom stereocenters. The molecule has 0 aromatic carbocycles. The zero-order valence-corrected chi connectivity index (χ0v) is 7.21. The van der Waals surface area contributed by atoms with Gasteiger partial charge in [0.2, 0.25) is 5.82 Å². The summed E-state index contributed by atoms with van der Waals surface area (Å²) in [6.07, 6.45) is -4.25. The molecule has 1 aromatic rings. The summed E-state index contributed by atoms with van der Waals surface area (Å²) in [5.74, 6) is -1.34. The molecule has 0 amide bonds. The highest BCUT2D eigenvalue weighted by molar-refractivity contribution is 5.32. The molecule has 0 fully saturated rings. The number of hydrogen-bond acceptors (Lipinski definition) is 4. The molecular formula is C8H3F3N4. The van der Waals surface area contributed by atoms with Crippen LogP contribution in [0, 0.1) is 22.7 Å². The monoisotopic (exact) mass is 212 g/mol. The highest BCUT2D eigenvalue weighted by Crippen LogP contribution is 2.26. The minimum absolute atomic E-state index is 0.121. The average molecular weight is 212 g/mol. The Morgan fingerprint density at radius 3 is 2.47 bits per heavy atom. The van der Waals surface area contributed by atoms with Crippen LogP contribution >= 0.6 is 0 Å². The van der Waals surface area contributed by atoms with Gasteiger partial charge in [-0.3, -0.25) is 0 Å². The summed E-state index contributed by atoms with van der Waals surface area (Å²) in [6.45, 7) is 0. The molecule has 0 unspecified atom stereocenters. The van der Waals surface area contributed by atoms with Crippen LogP contribution in [-0.4, -0.2) is 9.97 Å². The first kappa shape index (κ1) is 10.9. The van der Waals surface area contributed by atoms with Gasteiger partial charge in [0.15, 0.2) is 0 Å². The van der Waals surface area contributed by atoms with E-state index in [0.29, 0.717) is 0 Å². The Labute approximate surface area is 82.6 Å². The molecule has 0 spiro atoms. The fourth-order valence-electron chi connectivity index (χ4n) is 0.857. The number of aromatic nitrogens is 2. The molecule has 0 saturated heterocycles. The van der Waals surface area contributed by atoms with E-state index >= 15 is 0 Å². The Morgan fingerprint density at radius 2 is 2.00 bits per heavy atom. The Morgan fingerprint density at radius 1 is 1.33 bits per heavy atom. The van der Waals surface area contributed by atoms with Crippen molar-refractivity contribution in [3.63, 3.8) is 0 Å². The predicted octanol–water partition coefficient (Wildman–Crippen LogP) is 1.43. The number of hydrogen-bond donors (Lipinski definition) is 0. The van der Waals surface area contributed by atoms with Gasteiger partial charge in [0, 0.05) is 6.20 Å². The lowest BCUT2D eigenvalue weighted by Crippen LogP contribution is -2.13. The van der Waals surface area contributed by atoms with Gasteiger partial charge in [0.1, 0.15) is 6.07 Å². The molecule has 15 heavy (non-hydrogen) atoms. The maximum absolute atomic E-state index is 12.2. The summed E-state index contributed by atoms with van der Waals surface area (Å²) in [5, 5.41) is 16.9. The number of alkyl halides is 3. The quantitative estimate of drug-likeness (QED) is 0.705. The summed E-state index contributed by atoms with van der Waals surface area (Å²) in [4.78, 5) is 6.12. The third-order valence-corrected chi connectivity index (χ3v) is 1.49. The number of rotatable bonds is 1. The van der Waals surface area contributed by atoms with E-state index in [1.807, 2.05) is 0 Å². The van der Waals surface area contributed by atoms with Gasteiger partial charge in [-0.15, -0.1) is 0 Å². The fourth-order valence-corrected chi connectivity index (χ4v) is 0.857. The van der Waals surface area contributed by atoms with Gasteiger partial charge in [0.05, 0.1) is 23.7 Å². The molecule has 0 aliphatic carbocycles. The van der Waals surface area contributed by atoms with Crippen LogP contribution in [0.4, 0.5) is 13.2 Å². The van der Waals surface area contributed by atoms with E-state index in [-0.39, 0.29) is 17.7 Å². The molecule has 4 nitrogen and oxygen atoms in total. The van der Waals surface area contributed by atoms with Gasteiger partial charge in [-0.2, -0.15) is 23.7 Å². The number of nitriles is 2. The molecule has 0 aliphatic rings. The van der Waals surface area contributed by atoms with Crippen LogP contribution in [0.2, 0.25) is 0 Å². The Bertz CT molecular complexity index is 452. The average Bonchev–Trinajstić information content (AvgIpc) is 2.17. The smallest absolute Gasteiger partial charge is 0.232 e. The standard InChI is InChI=1S/C8H3F3N4/c9-8(10,11)7-14-4-5(3-13)6(15-7)1-2-12/h4H,1H2. The molecule has 76 valence electrons. The second kappa shape index (κ2) is 3.93. The van der Waals surface area contributed by atoms with Crippen molar-refractivity contribution in [1.82, 2.24) is 9.97 Å². The van der Waals surface area contributed by atoms with Crippen molar-refractivity contribution in [1.29, 1.82) is 10.5 Å². The predicted molar refractivity (Wildman–Crippen MR) is 41.1 cm³/mol. The van der Waals surface area contributed by atoms with E-state index < -0.39 is 12.0 Å². The second-order valence-electron chi connectivity index (χ2n) is 2.50. The number of halogens is 3. The first-order valence-electron chi connectivity index (χ1n) is 3.69. The molecule has 0 N–H and O–H groups in total. The topological polar surface area (TPSA) is 73.4 Å². The van der Waals surface area contributed by atoms with Gasteiger partial charge >= 0.3 is 6.18 Å². The Hall–Kier alpha value is -2.15. The largest absolute Gasteiger partial charge is 0.451 e. The van der Waals surface area contributed by atoms with Crippen LogP contribution < -0.4 is 0 Å². The van der Waals surface area contributed by atoms with Crippen molar-refractivity contribution in [2.45, 2.75) is 12.6 Å². The van der Waals surface area contributed by atoms with Crippen molar-refractivity contribution >= 4 is 0 Å². The summed E-state index contributed by atoms with van der Waals surface area (Å²) in [5.41, 5.74) is -0.327. The molecular weight excluding hydrogens is 209 g/mol. The van der Waals surface area contributed by atoms with E-state index in [1.54, 1.807) is 12.1 Å². The van der Waals surface area contributed by atoms with E-state index in [9.17, 15) is 13.2 Å². The van der Waals surface area contributed by atoms with Crippen LogP contribution in [0.3, 0.4) is 0 Å². The first-order valence-corrected chi connectivity index (χ1v) is 3.69. The molecule has 1 rings (SSSR count). The summed E-state index contributed by atoms with van der Waals surface area (Å²) >= 11 is 0.